The van der Waals surface area contributed by atoms with Gasteiger partial charge in [0.2, 0.25) is 0 Å². The summed E-state index contributed by atoms with van der Waals surface area (Å²) in [4.78, 5) is 5.62. The largest absolute Gasteiger partial charge is 0.287 e. The highest BCUT2D eigenvalue weighted by molar-refractivity contribution is 6.35. The van der Waals surface area contributed by atoms with Gasteiger partial charge in [0.25, 0.3) is 0 Å². The van der Waals surface area contributed by atoms with E-state index >= 15 is 0 Å². The number of aromatic nitrogens is 3. The maximum Gasteiger partial charge on any atom is 0.139 e. The lowest BCUT2D eigenvalue weighted by molar-refractivity contribution is 0.529. The van der Waals surface area contributed by atoms with Gasteiger partial charge in [0.15, 0.2) is 0 Å². The Morgan fingerprint density at radius 2 is 1.92 bits per heavy atom. The molecule has 0 saturated carbocycles. The average molecular weight is 358 g/mol. The molecule has 1 atom stereocenters. The molecule has 0 spiro atoms. The average Bonchev–Trinajstić information content (AvgIpc) is 3.12. The van der Waals surface area contributed by atoms with Crippen LogP contribution in [0.25, 0.3) is 0 Å². The third kappa shape index (κ3) is 3.21. The van der Waals surface area contributed by atoms with Gasteiger partial charge < -0.3 is 0 Å². The van der Waals surface area contributed by atoms with Gasteiger partial charge in [-0.3, -0.25) is 5.01 Å². The summed E-state index contributed by atoms with van der Waals surface area (Å²) in [7, 11) is 1.89. The number of hydrogen-bond donors (Lipinski definition) is 0. The van der Waals surface area contributed by atoms with Crippen molar-refractivity contribution in [2.24, 2.45) is 0 Å². The van der Waals surface area contributed by atoms with Crippen molar-refractivity contribution in [3.05, 3.63) is 81.9 Å². The third-order valence-corrected chi connectivity index (χ3v) is 4.28. The van der Waals surface area contributed by atoms with E-state index in [1.54, 1.807) is 35.4 Å². The zero-order chi connectivity index (χ0) is 17.1. The second-order valence-corrected chi connectivity index (χ2v) is 6.04. The SMILES string of the molecule is CN(C(c1ccc(C#N)cc1)c1ccc(Cl)cc1Cl)n1cncn1. The maximum atomic E-state index is 9.00. The number of rotatable bonds is 4. The molecule has 1 unspecified atom stereocenters. The highest BCUT2D eigenvalue weighted by atomic mass is 35.5. The van der Waals surface area contributed by atoms with E-state index in [9.17, 15) is 0 Å². The molecule has 3 rings (SSSR count). The lowest BCUT2D eigenvalue weighted by Gasteiger charge is -2.30. The summed E-state index contributed by atoms with van der Waals surface area (Å²) in [6.07, 6.45) is 3.08. The van der Waals surface area contributed by atoms with Crippen molar-refractivity contribution >= 4 is 23.2 Å². The van der Waals surface area contributed by atoms with Crippen LogP contribution in [-0.4, -0.2) is 21.9 Å². The van der Waals surface area contributed by atoms with E-state index in [-0.39, 0.29) is 6.04 Å². The summed E-state index contributed by atoms with van der Waals surface area (Å²) in [6.45, 7) is 0. The van der Waals surface area contributed by atoms with E-state index in [1.807, 2.05) is 30.3 Å². The topological polar surface area (TPSA) is 57.7 Å². The molecule has 0 aliphatic carbocycles. The van der Waals surface area contributed by atoms with Gasteiger partial charge in [0, 0.05) is 17.1 Å². The first-order valence-electron chi connectivity index (χ1n) is 7.13. The van der Waals surface area contributed by atoms with Gasteiger partial charge in [0.05, 0.1) is 17.7 Å². The number of nitrogens with zero attached hydrogens (tertiary/aromatic N) is 5. The number of hydrogen-bond acceptors (Lipinski definition) is 4. The molecular formula is C17H13Cl2N5. The van der Waals surface area contributed by atoms with Crippen molar-refractivity contribution < 1.29 is 0 Å². The van der Waals surface area contributed by atoms with Crippen LogP contribution in [0.5, 0.6) is 0 Å². The van der Waals surface area contributed by atoms with E-state index in [1.165, 1.54) is 6.33 Å². The molecule has 1 heterocycles. The molecule has 0 fully saturated rings. The van der Waals surface area contributed by atoms with Crippen molar-refractivity contribution in [2.45, 2.75) is 6.04 Å². The fraction of sp³-hybridized carbons (Fsp3) is 0.118. The van der Waals surface area contributed by atoms with Gasteiger partial charge in [-0.05, 0) is 35.4 Å². The molecule has 2 aromatic carbocycles. The van der Waals surface area contributed by atoms with Crippen molar-refractivity contribution in [1.29, 1.82) is 5.26 Å². The summed E-state index contributed by atoms with van der Waals surface area (Å²) in [5.74, 6) is 0. The summed E-state index contributed by atoms with van der Waals surface area (Å²) in [5, 5.41) is 16.2. The minimum absolute atomic E-state index is 0.218. The zero-order valence-corrected chi connectivity index (χ0v) is 14.3. The normalized spacial score (nSPS) is 11.8. The van der Waals surface area contributed by atoms with E-state index in [4.69, 9.17) is 28.5 Å². The first-order valence-corrected chi connectivity index (χ1v) is 7.88. The van der Waals surface area contributed by atoms with Crippen molar-refractivity contribution in [3.63, 3.8) is 0 Å². The fourth-order valence-corrected chi connectivity index (χ4v) is 3.05. The van der Waals surface area contributed by atoms with Crippen LogP contribution in [0.1, 0.15) is 22.7 Å². The summed E-state index contributed by atoms with van der Waals surface area (Å²) >= 11 is 12.5. The van der Waals surface area contributed by atoms with Gasteiger partial charge in [-0.25, -0.2) is 4.98 Å². The summed E-state index contributed by atoms with van der Waals surface area (Å²) < 4.78 is 0. The van der Waals surface area contributed by atoms with E-state index in [0.29, 0.717) is 15.6 Å². The van der Waals surface area contributed by atoms with Crippen LogP contribution < -0.4 is 5.01 Å². The minimum Gasteiger partial charge on any atom is -0.287 e. The molecule has 0 aliphatic heterocycles. The number of nitriles is 1. The Bertz CT molecular complexity index is 869. The molecule has 0 bridgehead atoms. The standard InChI is InChI=1S/C17H13Cl2N5/c1-23(24-11-21-10-22-24)17(13-4-2-12(9-20)3-5-13)15-7-6-14(18)8-16(15)19/h2-8,10-11,17H,1H3. The Labute approximate surface area is 149 Å². The van der Waals surface area contributed by atoms with Crippen LogP contribution in [0.3, 0.4) is 0 Å². The molecule has 0 saturated heterocycles. The minimum atomic E-state index is -0.218. The molecule has 3 aromatic rings. The zero-order valence-electron chi connectivity index (χ0n) is 12.8. The Hall–Kier alpha value is -2.55. The molecular weight excluding hydrogens is 345 g/mol. The fourth-order valence-electron chi connectivity index (χ4n) is 2.54. The predicted octanol–water partition coefficient (Wildman–Crippen LogP) is 3.81. The quantitative estimate of drug-likeness (QED) is 0.712. The Balaban J connectivity index is 2.11. The first-order chi connectivity index (χ1) is 11.6. The lowest BCUT2D eigenvalue weighted by Crippen LogP contribution is -2.35. The van der Waals surface area contributed by atoms with E-state index in [0.717, 1.165) is 11.1 Å². The second kappa shape index (κ2) is 6.91. The van der Waals surface area contributed by atoms with Gasteiger partial charge in [-0.2, -0.15) is 10.1 Å². The summed E-state index contributed by atoms with van der Waals surface area (Å²) in [5.41, 5.74) is 2.45. The van der Waals surface area contributed by atoms with Crippen LogP contribution in [0.2, 0.25) is 10.0 Å². The smallest absolute Gasteiger partial charge is 0.139 e. The van der Waals surface area contributed by atoms with Crippen LogP contribution in [-0.2, 0) is 0 Å². The van der Waals surface area contributed by atoms with Crippen LogP contribution in [0.15, 0.2) is 55.1 Å². The molecule has 24 heavy (non-hydrogen) atoms. The highest BCUT2D eigenvalue weighted by Gasteiger charge is 2.23. The molecule has 0 amide bonds. The number of benzene rings is 2. The molecule has 7 heteroatoms. The molecule has 1 aromatic heterocycles. The monoisotopic (exact) mass is 357 g/mol. The predicted molar refractivity (Wildman–Crippen MR) is 93.6 cm³/mol. The Morgan fingerprint density at radius 3 is 2.50 bits per heavy atom. The highest BCUT2D eigenvalue weighted by Crippen LogP contribution is 2.33. The summed E-state index contributed by atoms with van der Waals surface area (Å²) in [6, 6.07) is 14.7. The third-order valence-electron chi connectivity index (χ3n) is 3.72. The van der Waals surface area contributed by atoms with Crippen LogP contribution in [0.4, 0.5) is 0 Å². The second-order valence-electron chi connectivity index (χ2n) is 5.19. The lowest BCUT2D eigenvalue weighted by atomic mass is 9.97. The van der Waals surface area contributed by atoms with Crippen molar-refractivity contribution in [2.75, 3.05) is 12.1 Å². The number of halogens is 2. The van der Waals surface area contributed by atoms with Gasteiger partial charge >= 0.3 is 0 Å². The maximum absolute atomic E-state index is 9.00. The molecule has 0 radical (unpaired) electrons. The molecule has 5 nitrogen and oxygen atoms in total. The van der Waals surface area contributed by atoms with E-state index in [2.05, 4.69) is 16.2 Å². The Morgan fingerprint density at radius 1 is 1.17 bits per heavy atom. The molecule has 0 N–H and O–H groups in total. The van der Waals surface area contributed by atoms with Gasteiger partial charge in [-0.15, -0.1) is 5.10 Å². The first kappa shape index (κ1) is 16.3. The van der Waals surface area contributed by atoms with E-state index < -0.39 is 0 Å². The van der Waals surface area contributed by atoms with Gasteiger partial charge in [0.1, 0.15) is 12.7 Å². The van der Waals surface area contributed by atoms with Crippen LogP contribution >= 0.6 is 23.2 Å². The molecule has 120 valence electrons. The van der Waals surface area contributed by atoms with Crippen LogP contribution in [0, 0.1) is 11.3 Å². The van der Waals surface area contributed by atoms with Gasteiger partial charge in [-0.1, -0.05) is 41.4 Å². The molecule has 0 aliphatic rings. The van der Waals surface area contributed by atoms with Crippen molar-refractivity contribution in [3.8, 4) is 6.07 Å². The Kier molecular flexibility index (Phi) is 4.70. The van der Waals surface area contributed by atoms with Crippen molar-refractivity contribution in [1.82, 2.24) is 14.9 Å².